The fourth-order valence-electron chi connectivity index (χ4n) is 1.51. The maximum absolute atomic E-state index is 4.23. The van der Waals surface area contributed by atoms with Crippen LogP contribution < -0.4 is 0 Å². The lowest BCUT2D eigenvalue weighted by Gasteiger charge is -2.08. The third-order valence-corrected chi connectivity index (χ3v) is 2.71. The molecule has 0 radical (unpaired) electrons. The van der Waals surface area contributed by atoms with Gasteiger partial charge in [-0.25, -0.2) is 0 Å². The Labute approximate surface area is 89.2 Å². The largest absolute Gasteiger partial charge is 0.265 e. The van der Waals surface area contributed by atoms with Gasteiger partial charge in [-0.1, -0.05) is 0 Å². The summed E-state index contributed by atoms with van der Waals surface area (Å²) in [4.78, 5) is 3.99. The first-order valence-electron chi connectivity index (χ1n) is 4.91. The van der Waals surface area contributed by atoms with Crippen LogP contribution in [0.2, 0.25) is 0 Å². The second kappa shape index (κ2) is 3.77. The molecule has 2 heterocycles. The van der Waals surface area contributed by atoms with Crippen LogP contribution in [0.4, 0.5) is 0 Å². The van der Waals surface area contributed by atoms with E-state index in [1.165, 1.54) is 11.1 Å². The van der Waals surface area contributed by atoms with Crippen LogP contribution in [-0.2, 0) is 0 Å². The monoisotopic (exact) mass is 199 g/mol. The Balaban J connectivity index is 2.60. The van der Waals surface area contributed by atoms with Crippen molar-refractivity contribution in [2.24, 2.45) is 0 Å². The van der Waals surface area contributed by atoms with Crippen molar-refractivity contribution in [3.63, 3.8) is 0 Å². The van der Waals surface area contributed by atoms with Gasteiger partial charge in [0, 0.05) is 18.0 Å². The summed E-state index contributed by atoms with van der Waals surface area (Å²) in [6, 6.07) is 3.90. The molecule has 2 rings (SSSR count). The van der Waals surface area contributed by atoms with E-state index in [0.717, 1.165) is 17.0 Å². The van der Waals surface area contributed by atoms with Crippen LogP contribution >= 0.6 is 0 Å². The average molecular weight is 199 g/mol. The fraction of sp³-hybridized carbons (Fsp3) is 0.250. The molecule has 2 aromatic rings. The second-order valence-corrected chi connectivity index (χ2v) is 3.62. The van der Waals surface area contributed by atoms with Gasteiger partial charge < -0.3 is 0 Å². The molecule has 0 aliphatic carbocycles. The van der Waals surface area contributed by atoms with Gasteiger partial charge in [0.25, 0.3) is 0 Å². The van der Waals surface area contributed by atoms with E-state index in [1.54, 1.807) is 12.4 Å². The summed E-state index contributed by atoms with van der Waals surface area (Å²) in [5.41, 5.74) is 5.40. The van der Waals surface area contributed by atoms with E-state index in [9.17, 15) is 0 Å². The molecule has 0 aromatic carbocycles. The fourth-order valence-corrected chi connectivity index (χ4v) is 1.51. The lowest BCUT2D eigenvalue weighted by Crippen LogP contribution is -1.98. The van der Waals surface area contributed by atoms with E-state index in [1.807, 2.05) is 19.1 Å². The van der Waals surface area contributed by atoms with Crippen LogP contribution in [0.25, 0.3) is 11.3 Å². The van der Waals surface area contributed by atoms with Crippen molar-refractivity contribution in [1.29, 1.82) is 0 Å². The van der Waals surface area contributed by atoms with Gasteiger partial charge in [0.2, 0.25) is 0 Å². The lowest BCUT2D eigenvalue weighted by atomic mass is 10.0. The van der Waals surface area contributed by atoms with Gasteiger partial charge in [0.1, 0.15) is 0 Å². The minimum absolute atomic E-state index is 0.945. The molecule has 0 unspecified atom stereocenters. The van der Waals surface area contributed by atoms with E-state index in [2.05, 4.69) is 29.0 Å². The molecule has 3 nitrogen and oxygen atoms in total. The summed E-state index contributed by atoms with van der Waals surface area (Å²) in [7, 11) is 0. The molecular formula is C12H13N3. The topological polar surface area (TPSA) is 38.7 Å². The highest BCUT2D eigenvalue weighted by Gasteiger charge is 2.08. The molecule has 0 fully saturated rings. The van der Waals surface area contributed by atoms with Gasteiger partial charge in [-0.2, -0.15) is 5.10 Å². The maximum Gasteiger partial charge on any atom is 0.0962 e. The molecule has 0 saturated heterocycles. The first kappa shape index (κ1) is 9.77. The van der Waals surface area contributed by atoms with Crippen LogP contribution in [-0.4, -0.2) is 15.2 Å². The van der Waals surface area contributed by atoms with Crippen molar-refractivity contribution >= 4 is 0 Å². The molecule has 0 spiro atoms. The minimum atomic E-state index is 0.945. The van der Waals surface area contributed by atoms with E-state index >= 15 is 0 Å². The Morgan fingerprint density at radius 3 is 2.20 bits per heavy atom. The van der Waals surface area contributed by atoms with E-state index in [-0.39, 0.29) is 0 Å². The molecule has 15 heavy (non-hydrogen) atoms. The number of hydrogen-bond acceptors (Lipinski definition) is 3. The third-order valence-electron chi connectivity index (χ3n) is 2.71. The second-order valence-electron chi connectivity index (χ2n) is 3.62. The highest BCUT2D eigenvalue weighted by atomic mass is 15.1. The van der Waals surface area contributed by atoms with Crippen LogP contribution in [0.1, 0.15) is 16.8 Å². The Bertz CT molecular complexity index is 478. The van der Waals surface area contributed by atoms with Crippen LogP contribution in [0.5, 0.6) is 0 Å². The Morgan fingerprint density at radius 2 is 1.53 bits per heavy atom. The standard InChI is InChI=1S/C12H13N3/c1-8-9(2)12(15-14-10(8)3)11-4-6-13-7-5-11/h4-7H,1-3H3. The summed E-state index contributed by atoms with van der Waals surface area (Å²) in [5.74, 6) is 0. The zero-order chi connectivity index (χ0) is 10.8. The molecule has 2 aromatic heterocycles. The van der Waals surface area contributed by atoms with E-state index in [4.69, 9.17) is 0 Å². The van der Waals surface area contributed by atoms with Gasteiger partial charge in [-0.3, -0.25) is 4.98 Å². The van der Waals surface area contributed by atoms with Crippen LogP contribution in [0.15, 0.2) is 24.5 Å². The average Bonchev–Trinajstić information content (AvgIpc) is 2.27. The normalized spacial score (nSPS) is 10.3. The molecule has 0 aliphatic rings. The van der Waals surface area contributed by atoms with Crippen LogP contribution in [0, 0.1) is 20.8 Å². The molecule has 0 atom stereocenters. The van der Waals surface area contributed by atoms with E-state index in [0.29, 0.717) is 0 Å². The Morgan fingerprint density at radius 1 is 0.867 bits per heavy atom. The van der Waals surface area contributed by atoms with Gasteiger partial charge in [-0.15, -0.1) is 5.10 Å². The van der Waals surface area contributed by atoms with Crippen molar-refractivity contribution in [2.45, 2.75) is 20.8 Å². The Kier molecular flexibility index (Phi) is 2.46. The lowest BCUT2D eigenvalue weighted by molar-refractivity contribution is 0.951. The molecule has 0 bridgehead atoms. The number of nitrogens with zero attached hydrogens (tertiary/aromatic N) is 3. The van der Waals surface area contributed by atoms with Crippen molar-refractivity contribution < 1.29 is 0 Å². The SMILES string of the molecule is Cc1nnc(-c2ccncc2)c(C)c1C. The first-order valence-corrected chi connectivity index (χ1v) is 4.91. The van der Waals surface area contributed by atoms with Crippen molar-refractivity contribution in [1.82, 2.24) is 15.2 Å². The quantitative estimate of drug-likeness (QED) is 0.708. The third kappa shape index (κ3) is 1.73. The highest BCUT2D eigenvalue weighted by molar-refractivity contribution is 5.63. The molecule has 0 aliphatic heterocycles. The van der Waals surface area contributed by atoms with Crippen molar-refractivity contribution in [2.75, 3.05) is 0 Å². The minimum Gasteiger partial charge on any atom is -0.265 e. The van der Waals surface area contributed by atoms with Gasteiger partial charge in [-0.05, 0) is 44.0 Å². The predicted molar refractivity (Wildman–Crippen MR) is 59.5 cm³/mol. The molecule has 76 valence electrons. The predicted octanol–water partition coefficient (Wildman–Crippen LogP) is 2.46. The van der Waals surface area contributed by atoms with Crippen molar-refractivity contribution in [3.05, 3.63) is 41.3 Å². The zero-order valence-electron chi connectivity index (χ0n) is 9.15. The smallest absolute Gasteiger partial charge is 0.0962 e. The van der Waals surface area contributed by atoms with Gasteiger partial charge in [0.05, 0.1) is 11.4 Å². The summed E-state index contributed by atoms with van der Waals surface area (Å²) >= 11 is 0. The van der Waals surface area contributed by atoms with E-state index < -0.39 is 0 Å². The zero-order valence-corrected chi connectivity index (χ0v) is 9.15. The summed E-state index contributed by atoms with van der Waals surface area (Å²) in [6.07, 6.45) is 3.54. The molecule has 0 amide bonds. The number of aryl methyl sites for hydroxylation is 1. The molecule has 0 N–H and O–H groups in total. The summed E-state index contributed by atoms with van der Waals surface area (Å²) in [6.45, 7) is 6.13. The molecular weight excluding hydrogens is 186 g/mol. The Hall–Kier alpha value is -1.77. The number of aromatic nitrogens is 3. The first-order chi connectivity index (χ1) is 7.20. The van der Waals surface area contributed by atoms with Crippen LogP contribution in [0.3, 0.4) is 0 Å². The number of rotatable bonds is 1. The van der Waals surface area contributed by atoms with Crippen molar-refractivity contribution in [3.8, 4) is 11.3 Å². The summed E-state index contributed by atoms with van der Waals surface area (Å²) < 4.78 is 0. The van der Waals surface area contributed by atoms with Gasteiger partial charge >= 0.3 is 0 Å². The van der Waals surface area contributed by atoms with Gasteiger partial charge in [0.15, 0.2) is 0 Å². The molecule has 3 heteroatoms. The summed E-state index contributed by atoms with van der Waals surface area (Å²) in [5, 5.41) is 8.38. The maximum atomic E-state index is 4.23. The molecule has 0 saturated carbocycles. The number of pyridine rings is 1. The highest BCUT2D eigenvalue weighted by Crippen LogP contribution is 2.22. The number of hydrogen-bond donors (Lipinski definition) is 0.